The van der Waals surface area contributed by atoms with Gasteiger partial charge in [0.15, 0.2) is 11.5 Å². The SMILES string of the molecule is Cc1cs/c(=N\CC2CCCCC2)n1NCc1ccc(O)c(O)c1O. The highest BCUT2D eigenvalue weighted by Gasteiger charge is 2.13. The van der Waals surface area contributed by atoms with Crippen molar-refractivity contribution in [1.82, 2.24) is 4.68 Å². The summed E-state index contributed by atoms with van der Waals surface area (Å²) in [5.41, 5.74) is 4.78. The highest BCUT2D eigenvalue weighted by molar-refractivity contribution is 7.07. The third-order valence-electron chi connectivity index (χ3n) is 4.73. The molecule has 0 amide bonds. The van der Waals surface area contributed by atoms with E-state index in [9.17, 15) is 15.3 Å². The quantitative estimate of drug-likeness (QED) is 0.614. The van der Waals surface area contributed by atoms with E-state index < -0.39 is 5.75 Å². The van der Waals surface area contributed by atoms with E-state index in [1.165, 1.54) is 38.2 Å². The molecule has 1 aliphatic carbocycles. The van der Waals surface area contributed by atoms with Crippen molar-refractivity contribution in [3.8, 4) is 17.2 Å². The van der Waals surface area contributed by atoms with Crippen LogP contribution in [-0.2, 0) is 6.54 Å². The van der Waals surface area contributed by atoms with Gasteiger partial charge < -0.3 is 20.7 Å². The van der Waals surface area contributed by atoms with Gasteiger partial charge in [0.2, 0.25) is 10.6 Å². The van der Waals surface area contributed by atoms with Gasteiger partial charge >= 0.3 is 0 Å². The topological polar surface area (TPSA) is 90.0 Å². The van der Waals surface area contributed by atoms with E-state index in [-0.39, 0.29) is 11.5 Å². The molecule has 0 spiro atoms. The fourth-order valence-corrected chi connectivity index (χ4v) is 4.03. The highest BCUT2D eigenvalue weighted by atomic mass is 32.1. The summed E-state index contributed by atoms with van der Waals surface area (Å²) in [6.45, 7) is 3.16. The fourth-order valence-electron chi connectivity index (χ4n) is 3.19. The van der Waals surface area contributed by atoms with E-state index >= 15 is 0 Å². The van der Waals surface area contributed by atoms with E-state index in [0.29, 0.717) is 18.0 Å². The summed E-state index contributed by atoms with van der Waals surface area (Å²) in [7, 11) is 0. The fraction of sp³-hybridized carbons (Fsp3) is 0.500. The summed E-state index contributed by atoms with van der Waals surface area (Å²) in [6, 6.07) is 2.95. The monoisotopic (exact) mass is 363 g/mol. The van der Waals surface area contributed by atoms with Gasteiger partial charge in [-0.3, -0.25) is 4.99 Å². The van der Waals surface area contributed by atoms with Crippen molar-refractivity contribution in [2.75, 3.05) is 12.0 Å². The Bertz CT molecular complexity index is 791. The number of aromatic nitrogens is 1. The third kappa shape index (κ3) is 4.10. The van der Waals surface area contributed by atoms with Crippen molar-refractivity contribution in [2.45, 2.75) is 45.6 Å². The molecule has 7 heteroatoms. The van der Waals surface area contributed by atoms with Crippen molar-refractivity contribution in [2.24, 2.45) is 10.9 Å². The van der Waals surface area contributed by atoms with Gasteiger partial charge in [0.05, 0.1) is 6.54 Å². The molecule has 1 heterocycles. The number of benzene rings is 1. The maximum atomic E-state index is 9.94. The normalized spacial score (nSPS) is 16.3. The molecule has 2 aromatic rings. The first-order valence-corrected chi connectivity index (χ1v) is 9.58. The Morgan fingerprint density at radius 1 is 1.16 bits per heavy atom. The molecular formula is C18H25N3O3S. The third-order valence-corrected chi connectivity index (χ3v) is 5.71. The van der Waals surface area contributed by atoms with Crippen LogP contribution in [-0.4, -0.2) is 26.5 Å². The summed E-state index contributed by atoms with van der Waals surface area (Å²) in [5, 5.41) is 31.0. The highest BCUT2D eigenvalue weighted by Crippen LogP contribution is 2.36. The number of aromatic hydroxyl groups is 3. The minimum atomic E-state index is -0.492. The van der Waals surface area contributed by atoms with E-state index in [1.807, 2.05) is 17.0 Å². The van der Waals surface area contributed by atoms with Gasteiger partial charge in [-0.05, 0) is 37.8 Å². The van der Waals surface area contributed by atoms with E-state index in [2.05, 4.69) is 5.43 Å². The second-order valence-corrected chi connectivity index (χ2v) is 7.45. The van der Waals surface area contributed by atoms with Crippen LogP contribution in [0.2, 0.25) is 0 Å². The van der Waals surface area contributed by atoms with Crippen LogP contribution >= 0.6 is 11.3 Å². The van der Waals surface area contributed by atoms with Crippen LogP contribution in [0.4, 0.5) is 0 Å². The Balaban J connectivity index is 1.72. The number of aryl methyl sites for hydroxylation is 1. The molecule has 1 saturated carbocycles. The predicted molar refractivity (Wildman–Crippen MR) is 98.6 cm³/mol. The largest absolute Gasteiger partial charge is 0.504 e. The van der Waals surface area contributed by atoms with Gasteiger partial charge in [0, 0.05) is 23.2 Å². The van der Waals surface area contributed by atoms with Gasteiger partial charge in [-0.2, -0.15) is 0 Å². The zero-order valence-electron chi connectivity index (χ0n) is 14.4. The van der Waals surface area contributed by atoms with Crippen LogP contribution in [0.25, 0.3) is 0 Å². The number of nitrogens with zero attached hydrogens (tertiary/aromatic N) is 2. The van der Waals surface area contributed by atoms with Crippen LogP contribution in [0.15, 0.2) is 22.5 Å². The lowest BCUT2D eigenvalue weighted by atomic mass is 9.89. The molecule has 1 aromatic carbocycles. The molecule has 25 heavy (non-hydrogen) atoms. The molecule has 0 radical (unpaired) electrons. The molecule has 1 fully saturated rings. The summed E-state index contributed by atoms with van der Waals surface area (Å²) in [5.74, 6) is -0.443. The van der Waals surface area contributed by atoms with E-state index in [4.69, 9.17) is 4.99 Å². The molecule has 0 bridgehead atoms. The average molecular weight is 363 g/mol. The summed E-state index contributed by atoms with van der Waals surface area (Å²) < 4.78 is 1.91. The molecule has 0 unspecified atom stereocenters. The smallest absolute Gasteiger partial charge is 0.203 e. The molecule has 136 valence electrons. The first-order valence-electron chi connectivity index (χ1n) is 8.70. The number of thiazole rings is 1. The van der Waals surface area contributed by atoms with Crippen molar-refractivity contribution in [1.29, 1.82) is 0 Å². The Kier molecular flexibility index (Phi) is 5.53. The molecule has 0 aliphatic heterocycles. The van der Waals surface area contributed by atoms with Gasteiger partial charge in [-0.15, -0.1) is 11.3 Å². The van der Waals surface area contributed by atoms with Crippen molar-refractivity contribution >= 4 is 11.3 Å². The first-order chi connectivity index (χ1) is 12.1. The Hall–Kier alpha value is -2.15. The lowest BCUT2D eigenvalue weighted by Crippen LogP contribution is -2.27. The second-order valence-electron chi connectivity index (χ2n) is 6.62. The van der Waals surface area contributed by atoms with Gasteiger partial charge in [-0.25, -0.2) is 4.68 Å². The zero-order valence-corrected chi connectivity index (χ0v) is 15.2. The zero-order chi connectivity index (χ0) is 17.8. The number of hydrogen-bond donors (Lipinski definition) is 4. The molecule has 4 N–H and O–H groups in total. The number of hydrogen-bond acceptors (Lipinski definition) is 6. The molecule has 6 nitrogen and oxygen atoms in total. The molecule has 3 rings (SSSR count). The molecular weight excluding hydrogens is 338 g/mol. The number of phenolic OH excluding ortho intramolecular Hbond substituents is 3. The van der Waals surface area contributed by atoms with Gasteiger partial charge in [0.25, 0.3) is 0 Å². The lowest BCUT2D eigenvalue weighted by Gasteiger charge is -2.19. The number of nitrogens with one attached hydrogen (secondary N) is 1. The Labute approximate surface area is 151 Å². The van der Waals surface area contributed by atoms with Crippen LogP contribution in [0.5, 0.6) is 17.2 Å². The molecule has 0 atom stereocenters. The molecule has 0 saturated heterocycles. The van der Waals surface area contributed by atoms with Crippen LogP contribution in [0.1, 0.15) is 43.4 Å². The van der Waals surface area contributed by atoms with Gasteiger partial charge in [0.1, 0.15) is 0 Å². The van der Waals surface area contributed by atoms with Crippen LogP contribution in [0.3, 0.4) is 0 Å². The average Bonchev–Trinajstić information content (AvgIpc) is 2.98. The van der Waals surface area contributed by atoms with Crippen LogP contribution < -0.4 is 10.2 Å². The second kappa shape index (κ2) is 7.82. The molecule has 1 aromatic heterocycles. The number of rotatable bonds is 5. The summed E-state index contributed by atoms with van der Waals surface area (Å²) >= 11 is 1.59. The van der Waals surface area contributed by atoms with Crippen molar-refractivity contribution < 1.29 is 15.3 Å². The van der Waals surface area contributed by atoms with E-state index in [1.54, 1.807) is 17.4 Å². The van der Waals surface area contributed by atoms with Crippen molar-refractivity contribution in [3.63, 3.8) is 0 Å². The minimum absolute atomic E-state index is 0.304. The maximum absolute atomic E-state index is 9.94. The molecule has 1 aliphatic rings. The minimum Gasteiger partial charge on any atom is -0.504 e. The number of phenols is 3. The maximum Gasteiger partial charge on any atom is 0.203 e. The van der Waals surface area contributed by atoms with Gasteiger partial charge in [-0.1, -0.05) is 19.3 Å². The Morgan fingerprint density at radius 3 is 2.68 bits per heavy atom. The Morgan fingerprint density at radius 2 is 1.92 bits per heavy atom. The summed E-state index contributed by atoms with van der Waals surface area (Å²) in [4.78, 5) is 5.69. The lowest BCUT2D eigenvalue weighted by molar-refractivity contribution is 0.364. The van der Waals surface area contributed by atoms with Crippen molar-refractivity contribution in [3.05, 3.63) is 33.6 Å². The standard InChI is InChI=1S/C18H25N3O3S/c1-12-11-25-18(19-9-13-5-3-2-4-6-13)21(12)20-10-14-7-8-15(22)17(24)16(14)23/h7-8,11,13,20,22-24H,2-6,9-10H2,1H3/b19-18-. The predicted octanol–water partition coefficient (Wildman–Crippen LogP) is 3.20. The van der Waals surface area contributed by atoms with Crippen LogP contribution in [0, 0.1) is 12.8 Å². The first kappa shape index (κ1) is 17.7. The van der Waals surface area contributed by atoms with E-state index in [0.717, 1.165) is 17.0 Å². The summed E-state index contributed by atoms with van der Waals surface area (Å²) in [6.07, 6.45) is 6.50.